The fourth-order valence-corrected chi connectivity index (χ4v) is 1.89. The van der Waals surface area contributed by atoms with Gasteiger partial charge in [-0.25, -0.2) is 0 Å². The molecule has 0 radical (unpaired) electrons. The van der Waals surface area contributed by atoms with Crippen molar-refractivity contribution in [2.75, 3.05) is 24.3 Å². The van der Waals surface area contributed by atoms with Gasteiger partial charge in [-0.15, -0.1) is 0 Å². The molecule has 0 saturated heterocycles. The summed E-state index contributed by atoms with van der Waals surface area (Å²) in [6.07, 6.45) is 0. The molecule has 0 aliphatic carbocycles. The van der Waals surface area contributed by atoms with Crippen LogP contribution in [0.25, 0.3) is 0 Å². The van der Waals surface area contributed by atoms with Gasteiger partial charge in [-0.3, -0.25) is 0 Å². The first-order chi connectivity index (χ1) is 9.97. The molecule has 0 saturated carbocycles. The molecule has 0 spiro atoms. The molecule has 4 heteroatoms. The predicted molar refractivity (Wildman–Crippen MR) is 88.2 cm³/mol. The number of pyridine rings is 1. The van der Waals surface area contributed by atoms with Gasteiger partial charge in [0.25, 0.3) is 0 Å². The van der Waals surface area contributed by atoms with Gasteiger partial charge in [-0.1, -0.05) is 31.5 Å². The zero-order chi connectivity index (χ0) is 15.4. The van der Waals surface area contributed by atoms with Crippen LogP contribution in [0.2, 0.25) is 0 Å². The van der Waals surface area contributed by atoms with Crippen LogP contribution in [0.1, 0.15) is 19.4 Å². The summed E-state index contributed by atoms with van der Waals surface area (Å²) < 4.78 is 5.68. The highest BCUT2D eigenvalue weighted by Crippen LogP contribution is 2.27. The van der Waals surface area contributed by atoms with Crippen molar-refractivity contribution < 1.29 is 4.74 Å². The maximum Gasteiger partial charge on any atom is 0.239 e. The van der Waals surface area contributed by atoms with Crippen molar-refractivity contribution >= 4 is 17.2 Å². The van der Waals surface area contributed by atoms with E-state index in [1.54, 1.807) is 0 Å². The van der Waals surface area contributed by atoms with Gasteiger partial charge in [-0.05, 0) is 37.1 Å². The summed E-state index contributed by atoms with van der Waals surface area (Å²) in [6.45, 7) is 6.87. The summed E-state index contributed by atoms with van der Waals surface area (Å²) in [5.74, 6) is 1.75. The second-order valence-electron chi connectivity index (χ2n) is 5.66. The van der Waals surface area contributed by atoms with Crippen molar-refractivity contribution in [2.45, 2.75) is 20.8 Å². The van der Waals surface area contributed by atoms with Crippen LogP contribution in [0, 0.1) is 12.8 Å². The Morgan fingerprint density at radius 3 is 2.43 bits per heavy atom. The molecule has 21 heavy (non-hydrogen) atoms. The number of nitrogens with zero attached hydrogens (tertiary/aromatic N) is 2. The second kappa shape index (κ2) is 6.48. The number of ether oxygens (including phenoxy) is 1. The minimum atomic E-state index is 0.435. The maximum absolute atomic E-state index is 5.93. The van der Waals surface area contributed by atoms with Crippen molar-refractivity contribution in [1.29, 1.82) is 0 Å². The Bertz CT molecular complexity index is 593. The van der Waals surface area contributed by atoms with E-state index in [1.165, 1.54) is 5.56 Å². The molecule has 2 N–H and O–H groups in total. The van der Waals surface area contributed by atoms with Crippen LogP contribution in [0.3, 0.4) is 0 Å². The first-order valence-electron chi connectivity index (χ1n) is 7.17. The molecule has 1 aromatic heterocycles. The largest absolute Gasteiger partial charge is 0.476 e. The monoisotopic (exact) mass is 285 g/mol. The molecule has 112 valence electrons. The minimum Gasteiger partial charge on any atom is -0.476 e. The lowest BCUT2D eigenvalue weighted by Crippen LogP contribution is -2.13. The average Bonchev–Trinajstić information content (AvgIpc) is 2.46. The molecule has 0 fully saturated rings. The summed E-state index contributed by atoms with van der Waals surface area (Å²) in [5, 5.41) is 0. The highest BCUT2D eigenvalue weighted by Gasteiger charge is 2.10. The Hall–Kier alpha value is -2.23. The highest BCUT2D eigenvalue weighted by molar-refractivity contribution is 5.63. The Labute approximate surface area is 126 Å². The molecule has 0 aliphatic rings. The molecule has 2 rings (SSSR count). The molecular formula is C17H23N3O. The van der Waals surface area contributed by atoms with Crippen molar-refractivity contribution in [2.24, 2.45) is 5.92 Å². The number of hydrogen-bond acceptors (Lipinski definition) is 4. The summed E-state index contributed by atoms with van der Waals surface area (Å²) in [6, 6.07) is 12.0. The standard InChI is InChI=1S/C17H23N3O/c1-12(2)11-21-17-15(18)9-10-16(19-17)20(4)14-7-5-13(3)6-8-14/h5-10,12H,11,18H2,1-4H3. The fourth-order valence-electron chi connectivity index (χ4n) is 1.89. The van der Waals surface area contributed by atoms with Crippen molar-refractivity contribution in [3.63, 3.8) is 0 Å². The Morgan fingerprint density at radius 2 is 1.81 bits per heavy atom. The third-order valence-corrected chi connectivity index (χ3v) is 3.19. The zero-order valence-electron chi connectivity index (χ0n) is 13.1. The maximum atomic E-state index is 5.93. The zero-order valence-corrected chi connectivity index (χ0v) is 13.1. The molecule has 0 unspecified atom stereocenters. The van der Waals surface area contributed by atoms with Crippen LogP contribution in [-0.2, 0) is 0 Å². The van der Waals surface area contributed by atoms with Crippen molar-refractivity contribution in [1.82, 2.24) is 4.98 Å². The van der Waals surface area contributed by atoms with E-state index in [0.717, 1.165) is 11.5 Å². The van der Waals surface area contributed by atoms with E-state index in [1.807, 2.05) is 24.1 Å². The van der Waals surface area contributed by atoms with Crippen LogP contribution >= 0.6 is 0 Å². The molecule has 0 atom stereocenters. The van der Waals surface area contributed by atoms with Gasteiger partial charge in [0.15, 0.2) is 0 Å². The normalized spacial score (nSPS) is 10.7. The number of rotatable bonds is 5. The molecule has 0 aliphatic heterocycles. The average molecular weight is 285 g/mol. The van der Waals surface area contributed by atoms with Crippen LogP contribution in [0.15, 0.2) is 36.4 Å². The van der Waals surface area contributed by atoms with Crippen LogP contribution in [0.4, 0.5) is 17.2 Å². The Balaban J connectivity index is 2.23. The topological polar surface area (TPSA) is 51.4 Å². The third-order valence-electron chi connectivity index (χ3n) is 3.19. The number of aryl methyl sites for hydroxylation is 1. The number of benzene rings is 1. The van der Waals surface area contributed by atoms with E-state index < -0.39 is 0 Å². The molecular weight excluding hydrogens is 262 g/mol. The number of hydrogen-bond donors (Lipinski definition) is 1. The predicted octanol–water partition coefficient (Wildman–Crippen LogP) is 3.77. The van der Waals surface area contributed by atoms with Crippen LogP contribution in [0.5, 0.6) is 5.88 Å². The molecule has 1 heterocycles. The summed E-state index contributed by atoms with van der Waals surface area (Å²) in [7, 11) is 1.98. The molecule has 0 amide bonds. The van der Waals surface area contributed by atoms with Crippen molar-refractivity contribution in [3.8, 4) is 5.88 Å². The van der Waals surface area contributed by atoms with Crippen LogP contribution in [-0.4, -0.2) is 18.6 Å². The van der Waals surface area contributed by atoms with E-state index >= 15 is 0 Å². The number of anilines is 3. The summed E-state index contributed by atoms with van der Waals surface area (Å²) in [5.41, 5.74) is 8.81. The number of nitrogens with two attached hydrogens (primary N) is 1. The molecule has 1 aromatic carbocycles. The van der Waals surface area contributed by atoms with E-state index in [2.05, 4.69) is 50.0 Å². The van der Waals surface area contributed by atoms with E-state index in [-0.39, 0.29) is 0 Å². The fraction of sp³-hybridized carbons (Fsp3) is 0.353. The first kappa shape index (κ1) is 15.2. The van der Waals surface area contributed by atoms with Gasteiger partial charge in [0.2, 0.25) is 5.88 Å². The Kier molecular flexibility index (Phi) is 4.68. The molecule has 0 bridgehead atoms. The van der Waals surface area contributed by atoms with Gasteiger partial charge in [0.05, 0.1) is 12.3 Å². The SMILES string of the molecule is Cc1ccc(N(C)c2ccc(N)c(OCC(C)C)n2)cc1. The van der Waals surface area contributed by atoms with Gasteiger partial charge in [-0.2, -0.15) is 4.98 Å². The van der Waals surface area contributed by atoms with E-state index in [0.29, 0.717) is 24.1 Å². The van der Waals surface area contributed by atoms with Crippen molar-refractivity contribution in [3.05, 3.63) is 42.0 Å². The van der Waals surface area contributed by atoms with Gasteiger partial charge in [0.1, 0.15) is 5.82 Å². The minimum absolute atomic E-state index is 0.435. The lowest BCUT2D eigenvalue weighted by atomic mass is 10.2. The quantitative estimate of drug-likeness (QED) is 0.908. The Morgan fingerprint density at radius 1 is 1.14 bits per heavy atom. The number of aromatic nitrogens is 1. The number of nitrogen functional groups attached to an aromatic ring is 1. The summed E-state index contributed by atoms with van der Waals surface area (Å²) in [4.78, 5) is 6.54. The lowest BCUT2D eigenvalue weighted by Gasteiger charge is -2.20. The second-order valence-corrected chi connectivity index (χ2v) is 5.66. The third kappa shape index (κ3) is 3.88. The first-order valence-corrected chi connectivity index (χ1v) is 7.17. The van der Waals surface area contributed by atoms with Crippen LogP contribution < -0.4 is 15.4 Å². The van der Waals surface area contributed by atoms with Gasteiger partial charge >= 0.3 is 0 Å². The lowest BCUT2D eigenvalue weighted by molar-refractivity contribution is 0.263. The van der Waals surface area contributed by atoms with Gasteiger partial charge in [0, 0.05) is 12.7 Å². The van der Waals surface area contributed by atoms with E-state index in [4.69, 9.17) is 10.5 Å². The molecule has 2 aromatic rings. The van der Waals surface area contributed by atoms with Gasteiger partial charge < -0.3 is 15.4 Å². The molecule has 4 nitrogen and oxygen atoms in total. The van der Waals surface area contributed by atoms with E-state index in [9.17, 15) is 0 Å². The smallest absolute Gasteiger partial charge is 0.239 e. The highest BCUT2D eigenvalue weighted by atomic mass is 16.5. The summed E-state index contributed by atoms with van der Waals surface area (Å²) >= 11 is 0.